The number of rotatable bonds is 0. The van der Waals surface area contributed by atoms with Crippen LogP contribution in [0.2, 0.25) is 0 Å². The predicted molar refractivity (Wildman–Crippen MR) is 19.4 cm³/mol. The van der Waals surface area contributed by atoms with Crippen molar-refractivity contribution in [2.24, 2.45) is 0 Å². The average Bonchev–Trinajstić information content (AvgIpc) is 1.00. The van der Waals surface area contributed by atoms with Crippen LogP contribution in [-0.4, -0.2) is 59.4 Å². The molecule has 0 saturated carbocycles. The van der Waals surface area contributed by atoms with Gasteiger partial charge in [-0.25, -0.2) is 0 Å². The molecule has 2 N–H and O–H groups in total. The number of hydrogen-bond donors (Lipinski definition) is 0. The molecule has 0 aromatic heterocycles. The van der Waals surface area contributed by atoms with E-state index >= 15 is 0 Å². The molecule has 22 valence electrons. The molecule has 4 heteroatoms. The molecule has 0 rings (SSSR count). The van der Waals surface area contributed by atoms with Gasteiger partial charge in [0.15, 0.2) is 0 Å². The van der Waals surface area contributed by atoms with Crippen molar-refractivity contribution in [2.45, 2.75) is 0 Å². The van der Waals surface area contributed by atoms with Crippen molar-refractivity contribution in [3.05, 3.63) is 0 Å². The van der Waals surface area contributed by atoms with Crippen molar-refractivity contribution in [1.29, 1.82) is 0 Å². The second-order valence-electron chi connectivity index (χ2n) is 0. The summed E-state index contributed by atoms with van der Waals surface area (Å²) in [7, 11) is 0. The molecule has 0 saturated heterocycles. The molecular weight excluding hydrogens is 99.1 g/mol. The molecule has 0 heterocycles. The van der Waals surface area contributed by atoms with Crippen LogP contribution in [0.3, 0.4) is 0 Å². The van der Waals surface area contributed by atoms with Gasteiger partial charge in [-0.3, -0.25) is 0 Å². The van der Waals surface area contributed by atoms with Crippen molar-refractivity contribution in [3.63, 3.8) is 0 Å². The fraction of sp³-hybridized carbons (Fsp3) is 0. The molecule has 0 amide bonds. The van der Waals surface area contributed by atoms with E-state index in [1.807, 2.05) is 0 Å². The predicted octanol–water partition coefficient (Wildman–Crippen LogP) is -1.75. The van der Waals surface area contributed by atoms with E-state index in [4.69, 9.17) is 3.80 Å². The summed E-state index contributed by atoms with van der Waals surface area (Å²) in [6.07, 6.45) is 0. The summed E-state index contributed by atoms with van der Waals surface area (Å²) in [4.78, 5) is 0. The monoisotopic (exact) mass is 104 g/mol. The SMILES string of the molecule is O.[Ca+2].[H-].[H-].[O]=[AlH]. The first-order valence-electron chi connectivity index (χ1n) is 0.289. The van der Waals surface area contributed by atoms with Crippen molar-refractivity contribution < 1.29 is 12.1 Å². The molecule has 0 radical (unpaired) electrons. The van der Waals surface area contributed by atoms with Crippen molar-refractivity contribution in [3.8, 4) is 0 Å². The van der Waals surface area contributed by atoms with Crippen LogP contribution in [0.4, 0.5) is 0 Å². The second kappa shape index (κ2) is 23.8. The third-order valence-corrected chi connectivity index (χ3v) is 0. The van der Waals surface area contributed by atoms with Gasteiger partial charge in [-0.15, -0.1) is 0 Å². The minimum atomic E-state index is 0. The van der Waals surface area contributed by atoms with E-state index in [1.165, 1.54) is 0 Å². The Bertz CT molecular complexity index is 11.5. The first-order chi connectivity index (χ1) is 1.00. The molecule has 0 atom stereocenters. The van der Waals surface area contributed by atoms with E-state index in [0.717, 1.165) is 0 Å². The molecule has 0 aliphatic rings. The molecule has 0 aliphatic carbocycles. The van der Waals surface area contributed by atoms with E-state index in [9.17, 15) is 0 Å². The average molecular weight is 104 g/mol. The summed E-state index contributed by atoms with van der Waals surface area (Å²) in [5.74, 6) is 0. The molecule has 0 aromatic carbocycles. The Kier molecular flexibility index (Phi) is 105. The van der Waals surface area contributed by atoms with Gasteiger partial charge < -0.3 is 8.33 Å². The van der Waals surface area contributed by atoms with Gasteiger partial charge in [0.25, 0.3) is 0 Å². The summed E-state index contributed by atoms with van der Waals surface area (Å²) in [6, 6.07) is 0. The zero-order chi connectivity index (χ0) is 2.00. The van der Waals surface area contributed by atoms with Crippen LogP contribution in [0.25, 0.3) is 0 Å². The standard InChI is InChI=1S/Al.Ca.H2O.O.3H/h;;1H2;;;;/q;+2;;;;2*-1. The first kappa shape index (κ1) is 17.7. The van der Waals surface area contributed by atoms with E-state index in [2.05, 4.69) is 0 Å². The second-order valence-corrected chi connectivity index (χ2v) is 0. The zero-order valence-electron chi connectivity index (χ0n) is 4.32. The van der Waals surface area contributed by atoms with Gasteiger partial charge >= 0.3 is 57.8 Å². The Morgan fingerprint density at radius 2 is 1.50 bits per heavy atom. The normalized spacial score (nSPS) is 0.750. The molecule has 2 nitrogen and oxygen atoms in total. The van der Waals surface area contributed by atoms with Crippen LogP contribution in [0.1, 0.15) is 2.85 Å². The topological polar surface area (TPSA) is 48.6 Å². The molecule has 4 heavy (non-hydrogen) atoms. The zero-order valence-corrected chi connectivity index (χ0v) is 5.95. The molecule has 0 unspecified atom stereocenters. The van der Waals surface area contributed by atoms with E-state index in [-0.39, 0.29) is 46.1 Å². The molecule has 0 bridgehead atoms. The summed E-state index contributed by atoms with van der Waals surface area (Å²) in [5, 5.41) is 0. The first-order valence-corrected chi connectivity index (χ1v) is 0.866. The fourth-order valence-electron chi connectivity index (χ4n) is 0. The van der Waals surface area contributed by atoms with Crippen LogP contribution >= 0.6 is 0 Å². The van der Waals surface area contributed by atoms with Gasteiger partial charge in [0.2, 0.25) is 0 Å². The fourth-order valence-corrected chi connectivity index (χ4v) is 0. The molecule has 0 aromatic rings. The summed E-state index contributed by atoms with van der Waals surface area (Å²) < 4.78 is 8.28. The Hall–Kier alpha value is 1.55. The quantitative estimate of drug-likeness (QED) is 0.336. The van der Waals surface area contributed by atoms with Crippen LogP contribution in [0, 0.1) is 0 Å². The summed E-state index contributed by atoms with van der Waals surface area (Å²) >= 11 is 0.611. The Labute approximate surface area is 65.5 Å². The van der Waals surface area contributed by atoms with Crippen LogP contribution in [-0.2, 0) is 3.80 Å². The Morgan fingerprint density at radius 3 is 1.50 bits per heavy atom. The van der Waals surface area contributed by atoms with Gasteiger partial charge in [0.1, 0.15) is 0 Å². The molecule has 0 fully saturated rings. The van der Waals surface area contributed by atoms with Gasteiger partial charge in [0.05, 0.1) is 0 Å². The van der Waals surface area contributed by atoms with Gasteiger partial charge in [0, 0.05) is 0 Å². The van der Waals surface area contributed by atoms with Gasteiger partial charge in [-0.05, 0) is 0 Å². The molecular formula is H5AlCaO2. The summed E-state index contributed by atoms with van der Waals surface area (Å²) in [5.41, 5.74) is 0. The Balaban J connectivity index is -0.000000000833. The molecule has 0 aliphatic heterocycles. The van der Waals surface area contributed by atoms with Crippen molar-refractivity contribution >= 4 is 54.0 Å². The van der Waals surface area contributed by atoms with Crippen molar-refractivity contribution in [2.75, 3.05) is 0 Å². The van der Waals surface area contributed by atoms with E-state index in [0.29, 0.717) is 16.2 Å². The molecule has 0 spiro atoms. The third-order valence-electron chi connectivity index (χ3n) is 0. The van der Waals surface area contributed by atoms with Crippen LogP contribution in [0.5, 0.6) is 0 Å². The minimum absolute atomic E-state index is 0. The van der Waals surface area contributed by atoms with E-state index in [1.54, 1.807) is 0 Å². The maximum absolute atomic E-state index is 8.28. The van der Waals surface area contributed by atoms with Gasteiger partial charge in [-0.2, -0.15) is 0 Å². The van der Waals surface area contributed by atoms with Crippen LogP contribution in [0.15, 0.2) is 0 Å². The Morgan fingerprint density at radius 1 is 1.50 bits per heavy atom. The number of hydrogen-bond acceptors (Lipinski definition) is 1. The third kappa shape index (κ3) is 9.60. The van der Waals surface area contributed by atoms with Crippen molar-refractivity contribution in [1.82, 2.24) is 0 Å². The van der Waals surface area contributed by atoms with E-state index < -0.39 is 0 Å². The summed E-state index contributed by atoms with van der Waals surface area (Å²) in [6.45, 7) is 0. The maximum atomic E-state index is 8.28. The van der Waals surface area contributed by atoms with Gasteiger partial charge in [-0.1, -0.05) is 0 Å². The van der Waals surface area contributed by atoms with Crippen LogP contribution < -0.4 is 0 Å².